The lowest BCUT2D eigenvalue weighted by molar-refractivity contribution is 0.633. The van der Waals surface area contributed by atoms with Crippen molar-refractivity contribution in [2.75, 3.05) is 0 Å². The van der Waals surface area contributed by atoms with E-state index in [2.05, 4.69) is 55.5 Å². The second kappa shape index (κ2) is 11.4. The van der Waals surface area contributed by atoms with E-state index in [1.165, 1.54) is 11.1 Å². The van der Waals surface area contributed by atoms with Gasteiger partial charge in [-0.25, -0.2) is 0 Å². The summed E-state index contributed by atoms with van der Waals surface area (Å²) < 4.78 is 12.6. The molecule has 0 saturated carbocycles. The van der Waals surface area contributed by atoms with Crippen molar-refractivity contribution in [3.63, 3.8) is 0 Å². The average Bonchev–Trinajstić information content (AvgIpc) is 3.64. The molecule has 0 unspecified atom stereocenters. The van der Waals surface area contributed by atoms with Crippen LogP contribution in [0.25, 0.3) is 60.7 Å². The van der Waals surface area contributed by atoms with E-state index >= 15 is 0 Å². The zero-order valence-electron chi connectivity index (χ0n) is 24.3. The summed E-state index contributed by atoms with van der Waals surface area (Å²) in [5.41, 5.74) is 15.5. The van der Waals surface area contributed by atoms with Crippen LogP contribution in [0.4, 0.5) is 0 Å². The summed E-state index contributed by atoms with van der Waals surface area (Å²) >= 11 is 0. The number of rotatable bonds is 4. The first-order chi connectivity index (χ1) is 21.5. The van der Waals surface area contributed by atoms with Crippen LogP contribution >= 0.6 is 0 Å². The van der Waals surface area contributed by atoms with Crippen molar-refractivity contribution in [2.24, 2.45) is 5.73 Å². The molecule has 4 heteroatoms. The van der Waals surface area contributed by atoms with Gasteiger partial charge in [0.25, 0.3) is 0 Å². The third-order valence-electron chi connectivity index (χ3n) is 7.84. The van der Waals surface area contributed by atoms with Gasteiger partial charge in [-0.05, 0) is 72.2 Å². The van der Waals surface area contributed by atoms with Gasteiger partial charge in [0.15, 0.2) is 11.2 Å². The molecule has 0 aliphatic rings. The van der Waals surface area contributed by atoms with Crippen LogP contribution in [0.5, 0.6) is 0 Å². The Morgan fingerprint density at radius 3 is 1.68 bits per heavy atom. The highest BCUT2D eigenvalue weighted by molar-refractivity contribution is 6.20. The molecular weight excluding hydrogens is 540 g/mol. The van der Waals surface area contributed by atoms with Crippen LogP contribution in [-0.2, 0) is 0 Å². The Hall–Kier alpha value is -5.87. The SMILES string of the molecule is Cc1ccccc1.N=C(/C=C(\N)c1ccccc1)c1ccc2oc3c(ccc4c5cc(-c6ccccc6)ccc5oc43)c2c1. The number of benzene rings is 6. The second-order valence-corrected chi connectivity index (χ2v) is 10.8. The van der Waals surface area contributed by atoms with Gasteiger partial charge < -0.3 is 20.0 Å². The largest absolute Gasteiger partial charge is 0.452 e. The standard InChI is InChI=1S/C33H22N2O2.C7H8/c34-28(21-9-5-2-6-10-21)19-29(35)23-12-16-31-27(18-23)25-14-13-24-26-17-22(20-7-3-1-4-8-20)11-15-30(26)36-32(24)33(25)37-31;1-7-5-3-2-4-6-7/h1-19,35H,34H2;2-6H,1H3/b28-19-,35-29?;. The first kappa shape index (κ1) is 27.0. The van der Waals surface area contributed by atoms with Crippen LogP contribution in [0.1, 0.15) is 16.7 Å². The predicted octanol–water partition coefficient (Wildman–Crippen LogP) is 10.5. The van der Waals surface area contributed by atoms with Crippen LogP contribution in [0, 0.1) is 12.3 Å². The molecule has 2 aromatic heterocycles. The quantitative estimate of drug-likeness (QED) is 0.207. The Bertz CT molecular complexity index is 2290. The van der Waals surface area contributed by atoms with Gasteiger partial charge in [0.05, 0.1) is 5.71 Å². The highest BCUT2D eigenvalue weighted by Gasteiger charge is 2.17. The molecular formula is C40H30N2O2. The second-order valence-electron chi connectivity index (χ2n) is 10.8. The summed E-state index contributed by atoms with van der Waals surface area (Å²) in [6.07, 6.45) is 1.69. The monoisotopic (exact) mass is 570 g/mol. The summed E-state index contributed by atoms with van der Waals surface area (Å²) in [6, 6.07) is 46.5. The van der Waals surface area contributed by atoms with E-state index < -0.39 is 0 Å². The fourth-order valence-corrected chi connectivity index (χ4v) is 5.53. The van der Waals surface area contributed by atoms with Gasteiger partial charge in [-0.2, -0.15) is 0 Å². The maximum absolute atomic E-state index is 8.64. The summed E-state index contributed by atoms with van der Waals surface area (Å²) in [4.78, 5) is 0. The third kappa shape index (κ3) is 5.14. The van der Waals surface area contributed by atoms with Crippen molar-refractivity contribution >= 4 is 55.3 Å². The van der Waals surface area contributed by atoms with Crippen LogP contribution in [0.2, 0.25) is 0 Å². The Morgan fingerprint density at radius 2 is 1.09 bits per heavy atom. The Balaban J connectivity index is 0.000000396. The first-order valence-corrected chi connectivity index (χ1v) is 14.6. The molecule has 3 N–H and O–H groups in total. The van der Waals surface area contributed by atoms with Gasteiger partial charge >= 0.3 is 0 Å². The lowest BCUT2D eigenvalue weighted by Crippen LogP contribution is -2.02. The van der Waals surface area contributed by atoms with Crippen LogP contribution in [0.15, 0.2) is 154 Å². The van der Waals surface area contributed by atoms with Crippen molar-refractivity contribution in [2.45, 2.75) is 6.92 Å². The maximum atomic E-state index is 8.64. The zero-order valence-corrected chi connectivity index (χ0v) is 24.3. The van der Waals surface area contributed by atoms with Crippen molar-refractivity contribution in [3.8, 4) is 11.1 Å². The van der Waals surface area contributed by atoms with E-state index in [1.54, 1.807) is 6.08 Å². The maximum Gasteiger partial charge on any atom is 0.178 e. The molecule has 0 radical (unpaired) electrons. The van der Waals surface area contributed by atoms with Crippen LogP contribution in [0.3, 0.4) is 0 Å². The number of aryl methyl sites for hydroxylation is 1. The highest BCUT2D eigenvalue weighted by Crippen LogP contribution is 2.40. The molecule has 6 aromatic carbocycles. The number of nitrogens with one attached hydrogen (secondary N) is 1. The minimum Gasteiger partial charge on any atom is -0.452 e. The smallest absolute Gasteiger partial charge is 0.178 e. The lowest BCUT2D eigenvalue weighted by atomic mass is 10.0. The van der Waals surface area contributed by atoms with Crippen LogP contribution in [-0.4, -0.2) is 5.71 Å². The van der Waals surface area contributed by atoms with E-state index in [9.17, 15) is 0 Å². The van der Waals surface area contributed by atoms with Gasteiger partial charge in [0.2, 0.25) is 0 Å². The Morgan fingerprint density at radius 1 is 0.545 bits per heavy atom. The molecule has 0 spiro atoms. The number of allylic oxidation sites excluding steroid dienone is 1. The topological polar surface area (TPSA) is 76.2 Å². The summed E-state index contributed by atoms with van der Waals surface area (Å²) in [5, 5.41) is 12.6. The molecule has 2 heterocycles. The molecule has 44 heavy (non-hydrogen) atoms. The molecule has 0 amide bonds. The molecule has 0 saturated heterocycles. The summed E-state index contributed by atoms with van der Waals surface area (Å²) in [6.45, 7) is 2.08. The molecule has 8 rings (SSSR count). The van der Waals surface area contributed by atoms with Crippen molar-refractivity contribution in [3.05, 3.63) is 162 Å². The van der Waals surface area contributed by atoms with E-state index in [-0.39, 0.29) is 0 Å². The normalized spacial score (nSPS) is 11.6. The lowest BCUT2D eigenvalue weighted by Gasteiger charge is -2.04. The van der Waals surface area contributed by atoms with Crippen molar-refractivity contribution < 1.29 is 8.83 Å². The number of hydrogen-bond donors (Lipinski definition) is 2. The van der Waals surface area contributed by atoms with Crippen molar-refractivity contribution in [1.29, 1.82) is 5.41 Å². The van der Waals surface area contributed by atoms with Gasteiger partial charge in [0, 0.05) is 32.8 Å². The van der Waals surface area contributed by atoms with Gasteiger partial charge in [-0.1, -0.05) is 103 Å². The minimum atomic E-state index is 0.343. The number of hydrogen-bond acceptors (Lipinski definition) is 4. The van der Waals surface area contributed by atoms with E-state index in [0.29, 0.717) is 17.0 Å². The van der Waals surface area contributed by atoms with E-state index in [1.807, 2.05) is 91.0 Å². The highest BCUT2D eigenvalue weighted by atomic mass is 16.4. The number of nitrogens with two attached hydrogens (primary N) is 1. The zero-order chi connectivity index (χ0) is 30.0. The fourth-order valence-electron chi connectivity index (χ4n) is 5.53. The van der Waals surface area contributed by atoms with Gasteiger partial charge in [-0.3, -0.25) is 0 Å². The Labute approximate surface area is 255 Å². The first-order valence-electron chi connectivity index (χ1n) is 14.6. The van der Waals surface area contributed by atoms with Crippen molar-refractivity contribution in [1.82, 2.24) is 0 Å². The molecule has 0 bridgehead atoms. The molecule has 0 aliphatic heterocycles. The fraction of sp³-hybridized carbons (Fsp3) is 0.0250. The Kier molecular flexibility index (Phi) is 7.01. The molecule has 4 nitrogen and oxygen atoms in total. The molecule has 8 aromatic rings. The summed E-state index contributed by atoms with van der Waals surface area (Å²) in [5.74, 6) is 0. The summed E-state index contributed by atoms with van der Waals surface area (Å²) in [7, 11) is 0. The van der Waals surface area contributed by atoms with Gasteiger partial charge in [0.1, 0.15) is 11.2 Å². The minimum absolute atomic E-state index is 0.343. The van der Waals surface area contributed by atoms with E-state index in [4.69, 9.17) is 20.0 Å². The molecule has 0 fully saturated rings. The number of furan rings is 2. The van der Waals surface area contributed by atoms with Gasteiger partial charge in [-0.15, -0.1) is 0 Å². The molecule has 0 atom stereocenters. The molecule has 212 valence electrons. The number of fused-ring (bicyclic) bond motifs is 7. The average molecular weight is 571 g/mol. The van der Waals surface area contributed by atoms with E-state index in [0.717, 1.165) is 55.0 Å². The third-order valence-corrected chi connectivity index (χ3v) is 7.84. The predicted molar refractivity (Wildman–Crippen MR) is 183 cm³/mol. The molecule has 0 aliphatic carbocycles. The van der Waals surface area contributed by atoms with Crippen LogP contribution < -0.4 is 5.73 Å².